The molecule has 1 aromatic rings. The number of benzene rings is 1. The van der Waals surface area contributed by atoms with Crippen LogP contribution in [0.3, 0.4) is 0 Å². The first-order valence-corrected chi connectivity index (χ1v) is 7.52. The third kappa shape index (κ3) is 4.17. The Hall–Kier alpha value is -1.20. The number of carbonyl (C=O) groups excluding carboxylic acids is 1. The average molecular weight is 333 g/mol. The van der Waals surface area contributed by atoms with Gasteiger partial charge in [0.25, 0.3) is 5.91 Å². The molecule has 1 aromatic carbocycles. The first kappa shape index (κ1) is 18.8. The summed E-state index contributed by atoms with van der Waals surface area (Å²) >= 11 is 0. The maximum Gasteiger partial charge on any atom is 0.257 e. The molecule has 1 heterocycles. The van der Waals surface area contributed by atoms with Crippen molar-refractivity contribution in [2.24, 2.45) is 0 Å². The second-order valence-corrected chi connectivity index (χ2v) is 5.56. The molecule has 0 saturated carbocycles. The molecule has 6 heteroatoms. The fraction of sp³-hybridized carbons (Fsp3) is 0.562. The van der Waals surface area contributed by atoms with Gasteiger partial charge in [0.1, 0.15) is 11.6 Å². The number of hydrogen-bond acceptors (Lipinski definition) is 2. The predicted molar refractivity (Wildman–Crippen MR) is 85.6 cm³/mol. The van der Waals surface area contributed by atoms with E-state index in [0.717, 1.165) is 38.4 Å². The van der Waals surface area contributed by atoms with Gasteiger partial charge < -0.3 is 10.2 Å². The topological polar surface area (TPSA) is 32.3 Å². The Labute approximate surface area is 136 Å². The van der Waals surface area contributed by atoms with Crippen molar-refractivity contribution in [3.05, 3.63) is 34.9 Å². The van der Waals surface area contributed by atoms with E-state index in [1.807, 2.05) is 6.92 Å². The van der Waals surface area contributed by atoms with E-state index in [1.54, 1.807) is 11.8 Å². The van der Waals surface area contributed by atoms with Gasteiger partial charge in [-0.25, -0.2) is 8.78 Å². The number of carbonyl (C=O) groups is 1. The zero-order valence-corrected chi connectivity index (χ0v) is 13.8. The van der Waals surface area contributed by atoms with Crippen molar-refractivity contribution in [3.8, 4) is 0 Å². The highest BCUT2D eigenvalue weighted by Crippen LogP contribution is 2.20. The largest absolute Gasteiger partial charge is 0.335 e. The smallest absolute Gasteiger partial charge is 0.257 e. The molecule has 0 unspecified atom stereocenters. The summed E-state index contributed by atoms with van der Waals surface area (Å²) in [7, 11) is 0. The van der Waals surface area contributed by atoms with Crippen molar-refractivity contribution in [1.82, 2.24) is 10.2 Å². The minimum Gasteiger partial charge on any atom is -0.335 e. The Balaban J connectivity index is 0.00000242. The predicted octanol–water partition coefficient (Wildman–Crippen LogP) is 3.30. The zero-order chi connectivity index (χ0) is 15.4. The van der Waals surface area contributed by atoms with Gasteiger partial charge in [0, 0.05) is 18.7 Å². The Morgan fingerprint density at radius 1 is 1.27 bits per heavy atom. The lowest BCUT2D eigenvalue weighted by Crippen LogP contribution is -2.46. The van der Waals surface area contributed by atoms with Gasteiger partial charge in [0.2, 0.25) is 0 Å². The third-order valence-electron chi connectivity index (χ3n) is 3.95. The highest BCUT2D eigenvalue weighted by molar-refractivity contribution is 5.95. The fourth-order valence-corrected chi connectivity index (χ4v) is 2.79. The van der Waals surface area contributed by atoms with Gasteiger partial charge in [0.15, 0.2) is 0 Å². The van der Waals surface area contributed by atoms with E-state index < -0.39 is 11.6 Å². The van der Waals surface area contributed by atoms with Crippen LogP contribution in [-0.2, 0) is 0 Å². The summed E-state index contributed by atoms with van der Waals surface area (Å²) in [6.07, 6.45) is 2.55. The molecule has 2 rings (SSSR count). The first-order valence-electron chi connectivity index (χ1n) is 7.52. The van der Waals surface area contributed by atoms with E-state index in [4.69, 9.17) is 0 Å². The maximum absolute atomic E-state index is 13.9. The van der Waals surface area contributed by atoms with E-state index in [-0.39, 0.29) is 29.9 Å². The van der Waals surface area contributed by atoms with E-state index in [1.165, 1.54) is 6.07 Å². The van der Waals surface area contributed by atoms with Crippen LogP contribution >= 0.6 is 12.4 Å². The molecule has 22 heavy (non-hydrogen) atoms. The quantitative estimate of drug-likeness (QED) is 0.917. The second-order valence-electron chi connectivity index (χ2n) is 5.56. The standard InChI is InChI=1S/C16H22F2N2O.ClH/c1-3-8-20(12-4-6-19-7-5-12)16(21)13-9-11(2)14(17)10-15(13)18;/h9-10,12,19H,3-8H2,1-2H3;1H. The third-order valence-corrected chi connectivity index (χ3v) is 3.95. The molecule has 1 saturated heterocycles. The molecule has 1 aliphatic rings. The Morgan fingerprint density at radius 2 is 1.91 bits per heavy atom. The molecular weight excluding hydrogens is 310 g/mol. The SMILES string of the molecule is CCCN(C(=O)c1cc(C)c(F)cc1F)C1CCNCC1.Cl. The number of rotatable bonds is 4. The maximum atomic E-state index is 13.9. The second kappa shape index (κ2) is 8.44. The highest BCUT2D eigenvalue weighted by Gasteiger charge is 2.27. The van der Waals surface area contributed by atoms with E-state index in [9.17, 15) is 13.6 Å². The molecule has 0 aliphatic carbocycles. The summed E-state index contributed by atoms with van der Waals surface area (Å²) in [5.41, 5.74) is 0.266. The van der Waals surface area contributed by atoms with Crippen LogP contribution in [0, 0.1) is 18.6 Å². The van der Waals surface area contributed by atoms with Gasteiger partial charge in [-0.3, -0.25) is 4.79 Å². The van der Waals surface area contributed by atoms with E-state index in [2.05, 4.69) is 5.32 Å². The van der Waals surface area contributed by atoms with Crippen molar-refractivity contribution in [3.63, 3.8) is 0 Å². The molecule has 0 atom stereocenters. The molecule has 0 aromatic heterocycles. The van der Waals surface area contributed by atoms with E-state index >= 15 is 0 Å². The molecule has 124 valence electrons. The van der Waals surface area contributed by atoms with Crippen molar-refractivity contribution < 1.29 is 13.6 Å². The summed E-state index contributed by atoms with van der Waals surface area (Å²) in [6.45, 7) is 5.86. The lowest BCUT2D eigenvalue weighted by molar-refractivity contribution is 0.0637. The molecule has 0 spiro atoms. The van der Waals surface area contributed by atoms with Crippen LogP contribution in [0.5, 0.6) is 0 Å². The van der Waals surface area contributed by atoms with E-state index in [0.29, 0.717) is 12.1 Å². The molecule has 3 nitrogen and oxygen atoms in total. The number of nitrogens with zero attached hydrogens (tertiary/aromatic N) is 1. The van der Waals surface area contributed by atoms with Crippen molar-refractivity contribution in [2.75, 3.05) is 19.6 Å². The number of aryl methyl sites for hydroxylation is 1. The Morgan fingerprint density at radius 3 is 2.50 bits per heavy atom. The summed E-state index contributed by atoms with van der Waals surface area (Å²) in [5.74, 6) is -1.73. The highest BCUT2D eigenvalue weighted by atomic mass is 35.5. The fourth-order valence-electron chi connectivity index (χ4n) is 2.79. The van der Waals surface area contributed by atoms with Crippen molar-refractivity contribution in [1.29, 1.82) is 0 Å². The van der Waals surface area contributed by atoms with Crippen LogP contribution in [-0.4, -0.2) is 36.5 Å². The van der Waals surface area contributed by atoms with Crippen LogP contribution in [0.25, 0.3) is 0 Å². The zero-order valence-electron chi connectivity index (χ0n) is 13.0. The Bertz CT molecular complexity index is 519. The lowest BCUT2D eigenvalue weighted by Gasteiger charge is -2.34. The summed E-state index contributed by atoms with van der Waals surface area (Å²) < 4.78 is 27.3. The molecule has 1 N–H and O–H groups in total. The molecular formula is C16H23ClF2N2O. The lowest BCUT2D eigenvalue weighted by atomic mass is 10.0. The van der Waals surface area contributed by atoms with Gasteiger partial charge in [-0.2, -0.15) is 0 Å². The monoisotopic (exact) mass is 332 g/mol. The molecule has 1 aliphatic heterocycles. The minimum atomic E-state index is -0.780. The number of amides is 1. The normalized spacial score (nSPS) is 15.3. The molecule has 0 radical (unpaired) electrons. The first-order chi connectivity index (χ1) is 10.0. The summed E-state index contributed by atoms with van der Waals surface area (Å²) in [5, 5.41) is 3.26. The number of piperidine rings is 1. The number of hydrogen-bond donors (Lipinski definition) is 1. The molecule has 0 bridgehead atoms. The van der Waals surface area contributed by atoms with Crippen molar-refractivity contribution in [2.45, 2.75) is 39.2 Å². The minimum absolute atomic E-state index is 0. The summed E-state index contributed by atoms with van der Waals surface area (Å²) in [6, 6.07) is 2.25. The molecule has 1 fully saturated rings. The van der Waals surface area contributed by atoms with Crippen LogP contribution in [0.15, 0.2) is 12.1 Å². The van der Waals surface area contributed by atoms with Gasteiger partial charge in [-0.05, 0) is 50.9 Å². The van der Waals surface area contributed by atoms with Crippen LogP contribution in [0.2, 0.25) is 0 Å². The van der Waals surface area contributed by atoms with Crippen LogP contribution in [0.4, 0.5) is 8.78 Å². The van der Waals surface area contributed by atoms with Gasteiger partial charge in [-0.15, -0.1) is 12.4 Å². The average Bonchev–Trinajstić information content (AvgIpc) is 2.49. The van der Waals surface area contributed by atoms with Crippen molar-refractivity contribution >= 4 is 18.3 Å². The van der Waals surface area contributed by atoms with Crippen LogP contribution < -0.4 is 5.32 Å². The number of halogens is 3. The Kier molecular flexibility index (Phi) is 7.23. The molecule has 1 amide bonds. The van der Waals surface area contributed by atoms with Gasteiger partial charge >= 0.3 is 0 Å². The summed E-state index contributed by atoms with van der Waals surface area (Å²) in [4.78, 5) is 14.4. The van der Waals surface area contributed by atoms with Gasteiger partial charge in [0.05, 0.1) is 5.56 Å². The number of nitrogens with one attached hydrogen (secondary N) is 1. The van der Waals surface area contributed by atoms with Crippen LogP contribution in [0.1, 0.15) is 42.1 Å². The van der Waals surface area contributed by atoms with Gasteiger partial charge in [-0.1, -0.05) is 6.92 Å².